The Kier molecular flexibility index (Phi) is 4.20. The van der Waals surface area contributed by atoms with Crippen LogP contribution in [0.3, 0.4) is 0 Å². The SMILES string of the molecule is Clc1nc(-c2ccc3c(ccc4c3c3ccccc3n4-c3ccccc3)c2)c2ccccc2n1. The van der Waals surface area contributed by atoms with Crippen LogP contribution in [0.4, 0.5) is 0 Å². The average Bonchev–Trinajstić information content (AvgIpc) is 3.23. The van der Waals surface area contributed by atoms with Crippen LogP contribution in [0.2, 0.25) is 5.28 Å². The summed E-state index contributed by atoms with van der Waals surface area (Å²) in [5.74, 6) is 0. The van der Waals surface area contributed by atoms with E-state index in [1.165, 1.54) is 32.6 Å². The van der Waals surface area contributed by atoms with Gasteiger partial charge in [-0.25, -0.2) is 9.97 Å². The van der Waals surface area contributed by atoms with Crippen LogP contribution in [-0.2, 0) is 0 Å². The number of hydrogen-bond acceptors (Lipinski definition) is 2. The lowest BCUT2D eigenvalue weighted by molar-refractivity contribution is 1.18. The van der Waals surface area contributed by atoms with Gasteiger partial charge in [-0.1, -0.05) is 72.8 Å². The molecular weight excluding hydrogens is 438 g/mol. The van der Waals surface area contributed by atoms with Gasteiger partial charge in [0.25, 0.3) is 0 Å². The van der Waals surface area contributed by atoms with Crippen LogP contribution in [0.25, 0.3) is 60.4 Å². The molecule has 0 spiro atoms. The van der Waals surface area contributed by atoms with Crippen LogP contribution in [-0.4, -0.2) is 14.5 Å². The first-order chi connectivity index (χ1) is 16.8. The molecule has 2 heterocycles. The number of aromatic nitrogens is 3. The topological polar surface area (TPSA) is 30.7 Å². The van der Waals surface area contributed by atoms with Crippen molar-refractivity contribution in [2.75, 3.05) is 0 Å². The van der Waals surface area contributed by atoms with E-state index >= 15 is 0 Å². The molecule has 0 aliphatic rings. The lowest BCUT2D eigenvalue weighted by Crippen LogP contribution is -1.93. The molecule has 3 nitrogen and oxygen atoms in total. The Morgan fingerprint density at radius 2 is 1.35 bits per heavy atom. The zero-order valence-electron chi connectivity index (χ0n) is 18.1. The maximum Gasteiger partial charge on any atom is 0.223 e. The standard InChI is InChI=1S/C30H18ClN3/c31-30-32-25-12-6-4-10-23(25)29(33-30)20-14-16-22-19(18-20)15-17-27-28(22)24-11-5-7-13-26(24)34(27)21-8-2-1-3-9-21/h1-18H. The van der Waals surface area contributed by atoms with Gasteiger partial charge in [-0.3, -0.25) is 0 Å². The molecule has 0 unspecified atom stereocenters. The molecule has 5 aromatic carbocycles. The van der Waals surface area contributed by atoms with Gasteiger partial charge in [-0.2, -0.15) is 0 Å². The highest BCUT2D eigenvalue weighted by Crippen LogP contribution is 2.38. The summed E-state index contributed by atoms with van der Waals surface area (Å²) in [5.41, 5.74) is 6.28. The largest absolute Gasteiger partial charge is 0.309 e. The van der Waals surface area contributed by atoms with Crippen molar-refractivity contribution in [3.63, 3.8) is 0 Å². The number of para-hydroxylation sites is 3. The molecule has 7 rings (SSSR count). The van der Waals surface area contributed by atoms with Gasteiger partial charge in [0.05, 0.1) is 22.2 Å². The molecule has 0 fully saturated rings. The van der Waals surface area contributed by atoms with Gasteiger partial charge in [-0.15, -0.1) is 0 Å². The summed E-state index contributed by atoms with van der Waals surface area (Å²) < 4.78 is 2.34. The summed E-state index contributed by atoms with van der Waals surface area (Å²) in [6.07, 6.45) is 0. The Labute approximate surface area is 200 Å². The number of nitrogens with zero attached hydrogens (tertiary/aromatic N) is 3. The predicted octanol–water partition coefficient (Wildman–Crippen LogP) is 8.20. The van der Waals surface area contributed by atoms with Crippen molar-refractivity contribution in [1.82, 2.24) is 14.5 Å². The summed E-state index contributed by atoms with van der Waals surface area (Å²) in [6, 6.07) is 38.1. The maximum absolute atomic E-state index is 6.27. The van der Waals surface area contributed by atoms with Crippen molar-refractivity contribution < 1.29 is 0 Å². The first-order valence-corrected chi connectivity index (χ1v) is 11.6. The second kappa shape index (κ2) is 7.41. The fraction of sp³-hybridized carbons (Fsp3) is 0. The van der Waals surface area contributed by atoms with Crippen LogP contribution in [0, 0.1) is 0 Å². The van der Waals surface area contributed by atoms with Gasteiger partial charge in [0, 0.05) is 27.4 Å². The van der Waals surface area contributed by atoms with E-state index in [0.29, 0.717) is 0 Å². The Bertz CT molecular complexity index is 1870. The van der Waals surface area contributed by atoms with Crippen molar-refractivity contribution in [1.29, 1.82) is 0 Å². The van der Waals surface area contributed by atoms with E-state index in [2.05, 4.69) is 99.5 Å². The zero-order chi connectivity index (χ0) is 22.6. The Hall–Kier alpha value is -4.21. The van der Waals surface area contributed by atoms with E-state index in [0.717, 1.165) is 27.8 Å². The summed E-state index contributed by atoms with van der Waals surface area (Å²) in [7, 11) is 0. The molecule has 7 aromatic rings. The van der Waals surface area contributed by atoms with Gasteiger partial charge in [-0.05, 0) is 58.8 Å². The highest BCUT2D eigenvalue weighted by atomic mass is 35.5. The van der Waals surface area contributed by atoms with Gasteiger partial charge in [0.1, 0.15) is 0 Å². The number of rotatable bonds is 2. The lowest BCUT2D eigenvalue weighted by atomic mass is 9.99. The molecule has 0 N–H and O–H groups in total. The van der Waals surface area contributed by atoms with Crippen molar-refractivity contribution >= 4 is 55.1 Å². The van der Waals surface area contributed by atoms with Crippen molar-refractivity contribution in [3.05, 3.63) is 114 Å². The molecule has 34 heavy (non-hydrogen) atoms. The molecule has 0 bridgehead atoms. The predicted molar refractivity (Wildman–Crippen MR) is 142 cm³/mol. The van der Waals surface area contributed by atoms with Gasteiger partial charge in [0.15, 0.2) is 0 Å². The maximum atomic E-state index is 6.27. The van der Waals surface area contributed by atoms with E-state index < -0.39 is 0 Å². The van der Waals surface area contributed by atoms with Crippen molar-refractivity contribution in [3.8, 4) is 16.9 Å². The van der Waals surface area contributed by atoms with Crippen LogP contribution in [0.5, 0.6) is 0 Å². The summed E-state index contributed by atoms with van der Waals surface area (Å²) in [4.78, 5) is 8.97. The van der Waals surface area contributed by atoms with E-state index in [4.69, 9.17) is 11.6 Å². The molecular formula is C30H18ClN3. The normalized spacial score (nSPS) is 11.7. The highest BCUT2D eigenvalue weighted by Gasteiger charge is 2.15. The molecule has 0 aliphatic heterocycles. The van der Waals surface area contributed by atoms with E-state index in [9.17, 15) is 0 Å². The molecule has 0 saturated heterocycles. The smallest absolute Gasteiger partial charge is 0.223 e. The minimum absolute atomic E-state index is 0.259. The van der Waals surface area contributed by atoms with Gasteiger partial charge >= 0.3 is 0 Å². The molecule has 0 aliphatic carbocycles. The third kappa shape index (κ3) is 2.84. The van der Waals surface area contributed by atoms with E-state index in [-0.39, 0.29) is 5.28 Å². The van der Waals surface area contributed by atoms with Gasteiger partial charge in [0.2, 0.25) is 5.28 Å². The second-order valence-corrected chi connectivity index (χ2v) is 8.78. The molecule has 4 heteroatoms. The minimum Gasteiger partial charge on any atom is -0.309 e. The van der Waals surface area contributed by atoms with Crippen LogP contribution in [0.15, 0.2) is 109 Å². The van der Waals surface area contributed by atoms with Crippen LogP contribution < -0.4 is 0 Å². The molecule has 0 atom stereocenters. The highest BCUT2D eigenvalue weighted by molar-refractivity contribution is 6.29. The first kappa shape index (κ1) is 19.3. The monoisotopic (exact) mass is 455 g/mol. The summed E-state index contributed by atoms with van der Waals surface area (Å²) in [5, 5.41) is 6.14. The number of benzene rings is 5. The first-order valence-electron chi connectivity index (χ1n) is 11.2. The lowest BCUT2D eigenvalue weighted by Gasteiger charge is -2.10. The Morgan fingerprint density at radius 1 is 0.588 bits per heavy atom. The van der Waals surface area contributed by atoms with Crippen LogP contribution in [0.1, 0.15) is 0 Å². The van der Waals surface area contributed by atoms with E-state index in [1.54, 1.807) is 0 Å². The molecule has 160 valence electrons. The van der Waals surface area contributed by atoms with Crippen molar-refractivity contribution in [2.45, 2.75) is 0 Å². The molecule has 0 amide bonds. The Balaban J connectivity index is 1.54. The number of hydrogen-bond donors (Lipinski definition) is 0. The Morgan fingerprint density at radius 3 is 2.24 bits per heavy atom. The summed E-state index contributed by atoms with van der Waals surface area (Å²) in [6.45, 7) is 0. The third-order valence-electron chi connectivity index (χ3n) is 6.52. The minimum atomic E-state index is 0.259. The third-order valence-corrected chi connectivity index (χ3v) is 6.69. The fourth-order valence-corrected chi connectivity index (χ4v) is 5.24. The van der Waals surface area contributed by atoms with Crippen molar-refractivity contribution in [2.24, 2.45) is 0 Å². The number of halogens is 1. The summed E-state index contributed by atoms with van der Waals surface area (Å²) >= 11 is 6.27. The average molecular weight is 456 g/mol. The number of fused-ring (bicyclic) bond motifs is 6. The van der Waals surface area contributed by atoms with Gasteiger partial charge < -0.3 is 4.57 Å². The second-order valence-electron chi connectivity index (χ2n) is 8.44. The molecule has 2 aromatic heterocycles. The van der Waals surface area contributed by atoms with Crippen LogP contribution >= 0.6 is 11.6 Å². The molecule has 0 saturated carbocycles. The molecule has 0 radical (unpaired) electrons. The zero-order valence-corrected chi connectivity index (χ0v) is 18.9. The van der Waals surface area contributed by atoms with E-state index in [1.807, 2.05) is 24.3 Å². The quantitative estimate of drug-likeness (QED) is 0.246. The fourth-order valence-electron chi connectivity index (χ4n) is 5.07.